The maximum absolute atomic E-state index is 2.65. The normalized spacial score (nSPS) is 21.8. The molecule has 4 nitrogen and oxygen atoms in total. The molecule has 0 aromatic rings. The summed E-state index contributed by atoms with van der Waals surface area (Å²) in [4.78, 5) is 10.5. The molecule has 5 aliphatic rings. The van der Waals surface area contributed by atoms with Crippen molar-refractivity contribution >= 4 is 0 Å². The molecule has 5 rings (SSSR count). The Morgan fingerprint density at radius 2 is 0.379 bits per heavy atom. The molecule has 17 atom stereocenters. The summed E-state index contributed by atoms with van der Waals surface area (Å²) < 4.78 is 0. The molecule has 0 heterocycles. The van der Waals surface area contributed by atoms with Crippen LogP contribution in [0.2, 0.25) is 0 Å². The lowest BCUT2D eigenvalue weighted by atomic mass is 9.55. The molecular formula is C128H252N4. The van der Waals surface area contributed by atoms with Gasteiger partial charge in [-0.25, -0.2) is 0 Å². The van der Waals surface area contributed by atoms with Crippen LogP contribution in [0.5, 0.6) is 0 Å². The quantitative estimate of drug-likeness (QED) is 0.0563. The van der Waals surface area contributed by atoms with Gasteiger partial charge in [0.25, 0.3) is 0 Å². The van der Waals surface area contributed by atoms with Gasteiger partial charge in [-0.1, -0.05) is 549 Å². The Hall–Kier alpha value is -0.160. The largest absolute Gasteiger partial charge is 0.306 e. The molecule has 4 heteroatoms. The molecule has 5 saturated carbocycles. The lowest BCUT2D eigenvalue weighted by Gasteiger charge is -2.50. The number of hydrogen-bond donors (Lipinski definition) is 0. The first kappa shape index (κ1) is 122. The number of hydrogen-bond acceptors (Lipinski definition) is 4. The van der Waals surface area contributed by atoms with E-state index in [1.54, 1.807) is 103 Å². The van der Waals surface area contributed by atoms with Gasteiger partial charge in [0, 0.05) is 24.2 Å². The summed E-state index contributed by atoms with van der Waals surface area (Å²) in [5, 5.41) is 0. The smallest absolute Gasteiger partial charge is 0.00891 e. The minimum Gasteiger partial charge on any atom is -0.306 e. The van der Waals surface area contributed by atoms with Crippen molar-refractivity contribution < 1.29 is 0 Å². The highest BCUT2D eigenvalue weighted by atomic mass is 15.1. The van der Waals surface area contributed by atoms with Gasteiger partial charge < -0.3 is 19.6 Å². The monoisotopic (exact) mass is 1850 g/mol. The van der Waals surface area contributed by atoms with Crippen LogP contribution in [0.15, 0.2) is 0 Å². The van der Waals surface area contributed by atoms with E-state index in [-0.39, 0.29) is 0 Å². The van der Waals surface area contributed by atoms with E-state index in [1.165, 1.54) is 520 Å². The van der Waals surface area contributed by atoms with Crippen molar-refractivity contribution in [3.63, 3.8) is 0 Å². The third-order valence-corrected chi connectivity index (χ3v) is 37.1. The van der Waals surface area contributed by atoms with Gasteiger partial charge >= 0.3 is 0 Å². The molecule has 784 valence electrons. The SMILES string of the molecule is CCCCCCCCCC(CCCCCCCCCCC([C@H]1C[C@H]1CCCCCCCC)C(CCCCCCCCCC(CCCCCCCCC[C@H]1C[C@H]1C[C@H]1C[C@H]1CCCCC)N(C)C)(C(CCCCCCCCCC(CCCCCCCCC[C@H]1C[C@H]1CCCCCCCC)N(C)C)CCCCCC(CCCCCCCC)N(C)C)[C@H]1C[C@H]1CCCCCCCC)N(C)C. The van der Waals surface area contributed by atoms with Gasteiger partial charge in [0.05, 0.1) is 0 Å². The summed E-state index contributed by atoms with van der Waals surface area (Å²) in [7, 11) is 19.2. The molecule has 0 aromatic carbocycles. The van der Waals surface area contributed by atoms with Crippen molar-refractivity contribution in [3.8, 4) is 0 Å². The summed E-state index contributed by atoms with van der Waals surface area (Å²) >= 11 is 0. The molecule has 0 amide bonds. The van der Waals surface area contributed by atoms with E-state index in [9.17, 15) is 0 Å². The van der Waals surface area contributed by atoms with E-state index < -0.39 is 0 Å². The van der Waals surface area contributed by atoms with Crippen molar-refractivity contribution in [2.75, 3.05) is 56.4 Å². The van der Waals surface area contributed by atoms with Gasteiger partial charge in [0.2, 0.25) is 0 Å². The van der Waals surface area contributed by atoms with E-state index in [2.05, 4.69) is 118 Å². The van der Waals surface area contributed by atoms with Crippen LogP contribution in [0, 0.1) is 76.4 Å². The van der Waals surface area contributed by atoms with E-state index in [0.717, 1.165) is 95.2 Å². The summed E-state index contributed by atoms with van der Waals surface area (Å²) in [6, 6.07) is 3.11. The van der Waals surface area contributed by atoms with Gasteiger partial charge in [-0.05, 0) is 248 Å². The highest BCUT2D eigenvalue weighted by Crippen LogP contribution is 2.69. The van der Waals surface area contributed by atoms with Gasteiger partial charge in [-0.15, -0.1) is 0 Å². The number of unbranched alkanes of at least 4 members (excludes halogenated alkanes) is 61. The summed E-state index contributed by atoms with van der Waals surface area (Å²) in [6.45, 7) is 14.3. The molecule has 0 bridgehead atoms. The van der Waals surface area contributed by atoms with Crippen LogP contribution in [0.1, 0.15) is 664 Å². The average Bonchev–Trinajstić information content (AvgIpc) is 1.56. The summed E-state index contributed by atoms with van der Waals surface area (Å²) in [5.41, 5.74) is 0.555. The predicted molar refractivity (Wildman–Crippen MR) is 596 cm³/mol. The molecular weight excluding hydrogens is 1590 g/mol. The van der Waals surface area contributed by atoms with Crippen molar-refractivity contribution in [1.29, 1.82) is 0 Å². The maximum atomic E-state index is 2.65. The zero-order valence-electron chi connectivity index (χ0n) is 94.1. The highest BCUT2D eigenvalue weighted by molar-refractivity contribution is 5.11. The second-order valence-corrected chi connectivity index (χ2v) is 49.5. The molecule has 0 aromatic heterocycles. The van der Waals surface area contributed by atoms with E-state index >= 15 is 0 Å². The lowest BCUT2D eigenvalue weighted by Crippen LogP contribution is -2.43. The molecule has 7 unspecified atom stereocenters. The lowest BCUT2D eigenvalue weighted by molar-refractivity contribution is -0.0117. The standard InChI is InChI=1S/C128H252N4/c1-15-21-27-32-43-61-79-97-121(129(7)8)98-80-62-47-37-38-52-67-86-104-126(125-110-116(125)92-74-55-34-29-23-17-3)128(127-111-117(127)93-75-56-35-30-24-18-4,105-87-68-53-42-51-66-84-102-123(131(11)12)100-82-64-49-40-45-58-73-91-115-108-119(115)109-118-107-114(118)88-70-26-20-6)120(95-77-69-85-103-124(132(13)14)96-78-60-36-31-25-19-5)94-76-59-46-41-50-65-83-101-122(130(9)10)99-81-63-48-39-44-57-72-90-113-106-112(113)89-71-54-33-28-22-16-2/h112-127H,15-111H2,1-14H3/t112-,113+,114-,115+,116-,117-,118-,119+,120?,121?,122?,123?,124?,125+,126?,127+,128?/m1/s1. The van der Waals surface area contributed by atoms with Gasteiger partial charge in [-0.2, -0.15) is 0 Å². The fraction of sp³-hybridized carbons (Fsp3) is 1.00. The Morgan fingerprint density at radius 1 is 0.182 bits per heavy atom. The van der Waals surface area contributed by atoms with E-state index in [4.69, 9.17) is 0 Å². The third kappa shape index (κ3) is 61.1. The zero-order chi connectivity index (χ0) is 94.6. The van der Waals surface area contributed by atoms with Crippen LogP contribution in [0.4, 0.5) is 0 Å². The Kier molecular flexibility index (Phi) is 77.1. The van der Waals surface area contributed by atoms with Crippen molar-refractivity contribution in [2.45, 2.75) is 689 Å². The van der Waals surface area contributed by atoms with Crippen molar-refractivity contribution in [2.24, 2.45) is 76.4 Å². The van der Waals surface area contributed by atoms with Crippen molar-refractivity contribution in [1.82, 2.24) is 19.6 Å². The molecule has 0 aliphatic heterocycles. The Balaban J connectivity index is 1.26. The van der Waals surface area contributed by atoms with Gasteiger partial charge in [0.1, 0.15) is 0 Å². The Labute approximate surface area is 835 Å². The number of rotatable bonds is 107. The molecule has 5 aliphatic carbocycles. The first-order valence-electron chi connectivity index (χ1n) is 63.4. The molecule has 0 saturated heterocycles. The van der Waals surface area contributed by atoms with Crippen LogP contribution in [0.25, 0.3) is 0 Å². The van der Waals surface area contributed by atoms with Crippen LogP contribution < -0.4 is 0 Å². The first-order chi connectivity index (χ1) is 64.8. The Morgan fingerprint density at radius 3 is 0.659 bits per heavy atom. The molecule has 5 fully saturated rings. The summed E-state index contributed by atoms with van der Waals surface area (Å²) in [6.07, 6.45) is 144. The van der Waals surface area contributed by atoms with Gasteiger partial charge in [-0.3, -0.25) is 0 Å². The second kappa shape index (κ2) is 83.2. The molecule has 0 radical (unpaired) electrons. The van der Waals surface area contributed by atoms with Gasteiger partial charge in [0.15, 0.2) is 0 Å². The fourth-order valence-corrected chi connectivity index (χ4v) is 27.5. The summed E-state index contributed by atoms with van der Waals surface area (Å²) in [5.74, 6) is 12.7. The second-order valence-electron chi connectivity index (χ2n) is 49.5. The predicted octanol–water partition coefficient (Wildman–Crippen LogP) is 42.1. The number of nitrogens with zero attached hydrogens (tertiary/aromatic N) is 4. The van der Waals surface area contributed by atoms with Crippen LogP contribution >= 0.6 is 0 Å². The molecule has 0 N–H and O–H groups in total. The minimum atomic E-state index is 0.555. The minimum absolute atomic E-state index is 0.555. The highest BCUT2D eigenvalue weighted by Gasteiger charge is 2.62. The average molecular weight is 1850 g/mol. The Bertz CT molecular complexity index is 2410. The topological polar surface area (TPSA) is 13.0 Å². The van der Waals surface area contributed by atoms with Crippen LogP contribution in [-0.2, 0) is 0 Å². The third-order valence-electron chi connectivity index (χ3n) is 37.1. The zero-order valence-corrected chi connectivity index (χ0v) is 94.1. The van der Waals surface area contributed by atoms with Crippen LogP contribution in [-0.4, -0.2) is 100 Å². The maximum Gasteiger partial charge on any atom is 0.00891 e. The fourth-order valence-electron chi connectivity index (χ4n) is 27.5. The molecule has 132 heavy (non-hydrogen) atoms. The van der Waals surface area contributed by atoms with E-state index in [0.29, 0.717) is 5.41 Å². The van der Waals surface area contributed by atoms with Crippen molar-refractivity contribution in [3.05, 3.63) is 0 Å². The molecule has 0 spiro atoms. The van der Waals surface area contributed by atoms with E-state index in [1.807, 2.05) is 0 Å². The van der Waals surface area contributed by atoms with Crippen LogP contribution in [0.3, 0.4) is 0 Å². The first-order valence-corrected chi connectivity index (χ1v) is 63.4.